The Labute approximate surface area is 122 Å². The highest BCUT2D eigenvalue weighted by atomic mass is 32.2. The van der Waals surface area contributed by atoms with Crippen molar-refractivity contribution in [1.29, 1.82) is 0 Å². The molecule has 2 rings (SSSR count). The zero-order chi connectivity index (χ0) is 14.5. The third-order valence-electron chi connectivity index (χ3n) is 3.20. The number of hydrogen-bond acceptors (Lipinski definition) is 4. The van der Waals surface area contributed by atoms with E-state index in [1.807, 2.05) is 37.1 Å². The van der Waals surface area contributed by atoms with Crippen LogP contribution in [0.4, 0.5) is 0 Å². The highest BCUT2D eigenvalue weighted by Crippen LogP contribution is 2.14. The van der Waals surface area contributed by atoms with Crippen LogP contribution in [0, 0.1) is 0 Å². The molecule has 1 amide bonds. The van der Waals surface area contributed by atoms with Gasteiger partial charge in [0, 0.05) is 19.4 Å². The quantitative estimate of drug-likeness (QED) is 0.822. The molecule has 0 fully saturated rings. The maximum Gasteiger partial charge on any atom is 0.245 e. The molecular weight excluding hydrogens is 274 g/mol. The van der Waals surface area contributed by atoms with Crippen LogP contribution in [0.15, 0.2) is 29.8 Å². The van der Waals surface area contributed by atoms with Crippen LogP contribution >= 0.6 is 11.8 Å². The lowest BCUT2D eigenvalue weighted by Gasteiger charge is -2.15. The van der Waals surface area contributed by atoms with E-state index >= 15 is 0 Å². The summed E-state index contributed by atoms with van der Waals surface area (Å²) in [6, 6.07) is 1.56. The smallest absolute Gasteiger partial charge is 0.245 e. The average Bonchev–Trinajstić information content (AvgIpc) is 3.07. The summed E-state index contributed by atoms with van der Waals surface area (Å²) in [7, 11) is 1.95. The summed E-state index contributed by atoms with van der Waals surface area (Å²) >= 11 is 1.58. The van der Waals surface area contributed by atoms with Crippen molar-refractivity contribution in [2.45, 2.75) is 31.1 Å². The third kappa shape index (κ3) is 3.04. The van der Waals surface area contributed by atoms with Crippen LogP contribution in [0.25, 0.3) is 0 Å². The molecule has 2 aromatic rings. The van der Waals surface area contributed by atoms with Gasteiger partial charge in [0.2, 0.25) is 5.91 Å². The average molecular weight is 293 g/mol. The van der Waals surface area contributed by atoms with Crippen molar-refractivity contribution in [3.8, 4) is 0 Å². The minimum Gasteiger partial charge on any atom is -0.349 e. The Bertz CT molecular complexity index is 563. The van der Waals surface area contributed by atoms with E-state index in [9.17, 15) is 4.79 Å². The van der Waals surface area contributed by atoms with E-state index in [0.29, 0.717) is 13.0 Å². The highest BCUT2D eigenvalue weighted by Gasteiger charge is 2.18. The first-order valence-electron chi connectivity index (χ1n) is 6.48. The number of imidazole rings is 1. The van der Waals surface area contributed by atoms with E-state index in [1.54, 1.807) is 28.8 Å². The van der Waals surface area contributed by atoms with Gasteiger partial charge in [-0.25, -0.2) is 4.98 Å². The second kappa shape index (κ2) is 6.60. The molecule has 0 bridgehead atoms. The van der Waals surface area contributed by atoms with Crippen molar-refractivity contribution >= 4 is 17.7 Å². The fourth-order valence-electron chi connectivity index (χ4n) is 2.03. The number of carbonyl (C=O) groups is 1. The Hall–Kier alpha value is -1.76. The molecule has 7 heteroatoms. The number of thioether (sulfide) groups is 1. The third-order valence-corrected chi connectivity index (χ3v) is 3.95. The standard InChI is InChI=1S/C13H19N5OS/c1-4-11(18-7-5-6-16-18)12(19)14-8-10-9-15-13(20-3)17(10)2/h5-7,9,11H,4,8H2,1-3H3,(H,14,19)/t11-/m1/s1. The first kappa shape index (κ1) is 14.6. The first-order valence-corrected chi connectivity index (χ1v) is 7.71. The van der Waals surface area contributed by atoms with Crippen LogP contribution in [0.1, 0.15) is 25.1 Å². The lowest BCUT2D eigenvalue weighted by Crippen LogP contribution is -2.32. The predicted octanol–water partition coefficient (Wildman–Crippen LogP) is 1.61. The number of nitrogens with one attached hydrogen (secondary N) is 1. The Morgan fingerprint density at radius 3 is 2.90 bits per heavy atom. The summed E-state index contributed by atoms with van der Waals surface area (Å²) in [6.45, 7) is 2.45. The lowest BCUT2D eigenvalue weighted by atomic mass is 10.2. The van der Waals surface area contributed by atoms with E-state index in [4.69, 9.17) is 0 Å². The van der Waals surface area contributed by atoms with Crippen LogP contribution in [0.5, 0.6) is 0 Å². The van der Waals surface area contributed by atoms with Crippen molar-refractivity contribution in [2.75, 3.05) is 6.26 Å². The second-order valence-electron chi connectivity index (χ2n) is 4.42. The van der Waals surface area contributed by atoms with Crippen LogP contribution in [-0.4, -0.2) is 31.5 Å². The second-order valence-corrected chi connectivity index (χ2v) is 5.20. The summed E-state index contributed by atoms with van der Waals surface area (Å²) in [6.07, 6.45) is 7.97. The molecule has 6 nitrogen and oxygen atoms in total. The van der Waals surface area contributed by atoms with Gasteiger partial charge in [-0.1, -0.05) is 18.7 Å². The van der Waals surface area contributed by atoms with Crippen LogP contribution in [0.3, 0.4) is 0 Å². The monoisotopic (exact) mass is 293 g/mol. The van der Waals surface area contributed by atoms with Crippen molar-refractivity contribution in [3.63, 3.8) is 0 Å². The highest BCUT2D eigenvalue weighted by molar-refractivity contribution is 7.98. The van der Waals surface area contributed by atoms with E-state index in [1.165, 1.54) is 0 Å². The van der Waals surface area contributed by atoms with Gasteiger partial charge in [0.15, 0.2) is 5.16 Å². The predicted molar refractivity (Wildman–Crippen MR) is 78.4 cm³/mol. The Kier molecular flexibility index (Phi) is 4.84. The van der Waals surface area contributed by atoms with Crippen molar-refractivity contribution in [1.82, 2.24) is 24.6 Å². The fourth-order valence-corrected chi connectivity index (χ4v) is 2.58. The molecule has 108 valence electrons. The molecule has 0 spiro atoms. The van der Waals surface area contributed by atoms with E-state index < -0.39 is 0 Å². The number of nitrogens with zero attached hydrogens (tertiary/aromatic N) is 4. The molecule has 0 saturated heterocycles. The number of rotatable bonds is 6. The van der Waals surface area contributed by atoms with E-state index in [-0.39, 0.29) is 11.9 Å². The SMILES string of the molecule is CC[C@H](C(=O)NCc1cnc(SC)n1C)n1cccn1. The maximum absolute atomic E-state index is 12.2. The normalized spacial score (nSPS) is 12.3. The van der Waals surface area contributed by atoms with Crippen molar-refractivity contribution in [2.24, 2.45) is 7.05 Å². The number of hydrogen-bond donors (Lipinski definition) is 1. The van der Waals surface area contributed by atoms with Gasteiger partial charge in [-0.05, 0) is 18.7 Å². The molecule has 1 N–H and O–H groups in total. The molecule has 0 saturated carbocycles. The van der Waals surface area contributed by atoms with Crippen LogP contribution < -0.4 is 5.32 Å². The topological polar surface area (TPSA) is 64.7 Å². The molecule has 0 aromatic carbocycles. The molecule has 1 atom stereocenters. The number of aromatic nitrogens is 4. The minimum atomic E-state index is -0.266. The molecule has 2 heterocycles. The summed E-state index contributed by atoms with van der Waals surface area (Å²) < 4.78 is 3.67. The Morgan fingerprint density at radius 1 is 1.55 bits per heavy atom. The molecule has 0 aliphatic rings. The Balaban J connectivity index is 1.99. The Morgan fingerprint density at radius 2 is 2.35 bits per heavy atom. The summed E-state index contributed by atoms with van der Waals surface area (Å²) in [4.78, 5) is 16.5. The molecule has 0 aliphatic heterocycles. The summed E-state index contributed by atoms with van der Waals surface area (Å²) in [5.74, 6) is -0.0249. The summed E-state index contributed by atoms with van der Waals surface area (Å²) in [5, 5.41) is 8.02. The van der Waals surface area contributed by atoms with Gasteiger partial charge in [0.25, 0.3) is 0 Å². The van der Waals surface area contributed by atoms with Gasteiger partial charge in [0.1, 0.15) is 6.04 Å². The van der Waals surface area contributed by atoms with Crippen LogP contribution in [-0.2, 0) is 18.4 Å². The van der Waals surface area contributed by atoms with Gasteiger partial charge in [0.05, 0.1) is 18.4 Å². The molecule has 0 unspecified atom stereocenters. The van der Waals surface area contributed by atoms with E-state index in [2.05, 4.69) is 15.4 Å². The van der Waals surface area contributed by atoms with Gasteiger partial charge >= 0.3 is 0 Å². The molecule has 2 aromatic heterocycles. The zero-order valence-corrected chi connectivity index (χ0v) is 12.7. The van der Waals surface area contributed by atoms with Crippen molar-refractivity contribution in [3.05, 3.63) is 30.4 Å². The molecule has 0 radical (unpaired) electrons. The summed E-state index contributed by atoms with van der Waals surface area (Å²) in [5.41, 5.74) is 0.984. The van der Waals surface area contributed by atoms with Crippen LogP contribution in [0.2, 0.25) is 0 Å². The van der Waals surface area contributed by atoms with Gasteiger partial charge in [-0.3, -0.25) is 9.48 Å². The lowest BCUT2D eigenvalue weighted by molar-refractivity contribution is -0.124. The maximum atomic E-state index is 12.2. The fraction of sp³-hybridized carbons (Fsp3) is 0.462. The van der Waals surface area contributed by atoms with Gasteiger partial charge < -0.3 is 9.88 Å². The zero-order valence-electron chi connectivity index (χ0n) is 11.9. The molecule has 0 aliphatic carbocycles. The number of carbonyl (C=O) groups excluding carboxylic acids is 1. The molecule has 20 heavy (non-hydrogen) atoms. The van der Waals surface area contributed by atoms with Gasteiger partial charge in [-0.2, -0.15) is 5.10 Å². The largest absolute Gasteiger partial charge is 0.349 e. The number of amides is 1. The first-order chi connectivity index (χ1) is 9.67. The van der Waals surface area contributed by atoms with Gasteiger partial charge in [-0.15, -0.1) is 0 Å². The van der Waals surface area contributed by atoms with Crippen molar-refractivity contribution < 1.29 is 4.79 Å². The minimum absolute atomic E-state index is 0.0249. The van der Waals surface area contributed by atoms with E-state index in [0.717, 1.165) is 10.9 Å². The molecular formula is C13H19N5OS.